The van der Waals surface area contributed by atoms with Crippen LogP contribution in [0.15, 0.2) is 24.3 Å². The Labute approximate surface area is 140 Å². The number of ether oxygens (including phenoxy) is 1. The predicted octanol–water partition coefficient (Wildman–Crippen LogP) is 0.713. The Morgan fingerprint density at radius 1 is 1.35 bits per heavy atom. The number of hydrazine groups is 1. The third kappa shape index (κ3) is 3.67. The van der Waals surface area contributed by atoms with Gasteiger partial charge in [-0.25, -0.2) is 10.9 Å². The standard InChI is InChI=1S/C16H22ClN3O3/c1-10-14(11-2-4-12(17)5-3-11)18-19-15(10)16(22)20-6-7-23-9-13(21)8-20/h2-5,10,13-15,18-19,21H,6-9H2,1H3. The Hall–Kier alpha value is -1.18. The molecule has 0 aromatic heterocycles. The van der Waals surface area contributed by atoms with Gasteiger partial charge < -0.3 is 14.7 Å². The molecular weight excluding hydrogens is 318 g/mol. The summed E-state index contributed by atoms with van der Waals surface area (Å²) in [6.07, 6.45) is -0.627. The summed E-state index contributed by atoms with van der Waals surface area (Å²) in [4.78, 5) is 14.5. The Morgan fingerprint density at radius 2 is 2.09 bits per heavy atom. The van der Waals surface area contributed by atoms with Gasteiger partial charge in [-0.2, -0.15) is 0 Å². The number of carbonyl (C=O) groups excluding carboxylic acids is 1. The van der Waals surface area contributed by atoms with E-state index < -0.39 is 6.10 Å². The predicted molar refractivity (Wildman–Crippen MR) is 86.8 cm³/mol. The molecule has 23 heavy (non-hydrogen) atoms. The van der Waals surface area contributed by atoms with Gasteiger partial charge in [0.25, 0.3) is 0 Å². The van der Waals surface area contributed by atoms with Crippen molar-refractivity contribution in [2.75, 3.05) is 26.3 Å². The van der Waals surface area contributed by atoms with Crippen LogP contribution >= 0.6 is 11.6 Å². The zero-order chi connectivity index (χ0) is 16.4. The molecule has 0 radical (unpaired) electrons. The second kappa shape index (κ2) is 7.15. The summed E-state index contributed by atoms with van der Waals surface area (Å²) >= 11 is 5.93. The maximum atomic E-state index is 12.8. The van der Waals surface area contributed by atoms with Crippen molar-refractivity contribution in [2.45, 2.75) is 25.1 Å². The molecule has 0 spiro atoms. The van der Waals surface area contributed by atoms with E-state index in [1.165, 1.54) is 0 Å². The van der Waals surface area contributed by atoms with Gasteiger partial charge in [-0.1, -0.05) is 30.7 Å². The monoisotopic (exact) mass is 339 g/mol. The Kier molecular flexibility index (Phi) is 5.18. The van der Waals surface area contributed by atoms with Gasteiger partial charge in [0.05, 0.1) is 25.4 Å². The number of halogens is 1. The first-order chi connectivity index (χ1) is 11.1. The largest absolute Gasteiger partial charge is 0.389 e. The van der Waals surface area contributed by atoms with E-state index in [2.05, 4.69) is 10.9 Å². The smallest absolute Gasteiger partial charge is 0.241 e. The molecule has 0 bridgehead atoms. The quantitative estimate of drug-likeness (QED) is 0.740. The normalized spacial score (nSPS) is 31.9. The van der Waals surface area contributed by atoms with Crippen molar-refractivity contribution in [2.24, 2.45) is 5.92 Å². The highest BCUT2D eigenvalue weighted by Gasteiger charge is 2.40. The van der Waals surface area contributed by atoms with Crippen LogP contribution in [0.5, 0.6) is 0 Å². The number of nitrogens with one attached hydrogen (secondary N) is 2. The molecule has 7 heteroatoms. The van der Waals surface area contributed by atoms with E-state index in [1.54, 1.807) is 4.90 Å². The van der Waals surface area contributed by atoms with Gasteiger partial charge in [-0.15, -0.1) is 0 Å². The van der Waals surface area contributed by atoms with Crippen LogP contribution in [0.25, 0.3) is 0 Å². The fraction of sp³-hybridized carbons (Fsp3) is 0.562. The molecule has 2 heterocycles. The number of aliphatic hydroxyl groups is 1. The van der Waals surface area contributed by atoms with E-state index in [9.17, 15) is 9.90 Å². The summed E-state index contributed by atoms with van der Waals surface area (Å²) in [6.45, 7) is 3.60. The fourth-order valence-electron chi connectivity index (χ4n) is 3.17. The number of rotatable bonds is 2. The van der Waals surface area contributed by atoms with Gasteiger partial charge >= 0.3 is 0 Å². The molecule has 6 nitrogen and oxygen atoms in total. The molecule has 2 fully saturated rings. The van der Waals surface area contributed by atoms with Crippen LogP contribution in [0.1, 0.15) is 18.5 Å². The Bertz CT molecular complexity index is 554. The molecule has 1 aromatic rings. The zero-order valence-electron chi connectivity index (χ0n) is 13.0. The zero-order valence-corrected chi connectivity index (χ0v) is 13.8. The first-order valence-corrected chi connectivity index (χ1v) is 8.25. The summed E-state index contributed by atoms with van der Waals surface area (Å²) in [5.74, 6) is 0.0657. The van der Waals surface area contributed by atoms with Crippen LogP contribution in [0, 0.1) is 5.92 Å². The highest BCUT2D eigenvalue weighted by molar-refractivity contribution is 6.30. The van der Waals surface area contributed by atoms with Gasteiger partial charge in [0, 0.05) is 24.0 Å². The third-order valence-corrected chi connectivity index (χ3v) is 4.75. The van der Waals surface area contributed by atoms with Gasteiger partial charge in [0.1, 0.15) is 6.04 Å². The summed E-state index contributed by atoms with van der Waals surface area (Å²) in [5, 5.41) is 10.5. The molecular formula is C16H22ClN3O3. The van der Waals surface area contributed by atoms with Crippen molar-refractivity contribution in [1.29, 1.82) is 0 Å². The highest BCUT2D eigenvalue weighted by atomic mass is 35.5. The lowest BCUT2D eigenvalue weighted by Gasteiger charge is -2.26. The third-order valence-electron chi connectivity index (χ3n) is 4.50. The molecule has 1 amide bonds. The van der Waals surface area contributed by atoms with Crippen molar-refractivity contribution in [1.82, 2.24) is 15.8 Å². The van der Waals surface area contributed by atoms with Gasteiger partial charge in [0.2, 0.25) is 5.91 Å². The molecule has 1 aromatic carbocycles. The fourth-order valence-corrected chi connectivity index (χ4v) is 3.29. The molecule has 126 valence electrons. The minimum atomic E-state index is -0.627. The van der Waals surface area contributed by atoms with E-state index >= 15 is 0 Å². The van der Waals surface area contributed by atoms with Crippen molar-refractivity contribution in [3.63, 3.8) is 0 Å². The molecule has 4 unspecified atom stereocenters. The maximum absolute atomic E-state index is 12.8. The minimum absolute atomic E-state index is 0.00832. The van der Waals surface area contributed by atoms with E-state index in [0.29, 0.717) is 24.7 Å². The van der Waals surface area contributed by atoms with E-state index in [1.807, 2.05) is 31.2 Å². The number of benzene rings is 1. The molecule has 2 saturated heterocycles. The number of hydrogen-bond donors (Lipinski definition) is 3. The number of hydrogen-bond acceptors (Lipinski definition) is 5. The van der Waals surface area contributed by atoms with Crippen molar-refractivity contribution < 1.29 is 14.6 Å². The lowest BCUT2D eigenvalue weighted by molar-refractivity contribution is -0.135. The molecule has 4 atom stereocenters. The first-order valence-electron chi connectivity index (χ1n) is 7.87. The van der Waals surface area contributed by atoms with Crippen LogP contribution in [0.4, 0.5) is 0 Å². The molecule has 3 N–H and O–H groups in total. The maximum Gasteiger partial charge on any atom is 0.241 e. The number of aliphatic hydroxyl groups excluding tert-OH is 1. The average molecular weight is 340 g/mol. The molecule has 2 aliphatic heterocycles. The summed E-state index contributed by atoms with van der Waals surface area (Å²) < 4.78 is 5.29. The van der Waals surface area contributed by atoms with Gasteiger partial charge in [-0.3, -0.25) is 4.79 Å². The second-order valence-corrected chi connectivity index (χ2v) is 6.60. The average Bonchev–Trinajstić information content (AvgIpc) is 2.77. The summed E-state index contributed by atoms with van der Waals surface area (Å²) in [7, 11) is 0. The van der Waals surface area contributed by atoms with E-state index in [0.717, 1.165) is 5.56 Å². The molecule has 0 saturated carbocycles. The summed E-state index contributed by atoms with van der Waals surface area (Å²) in [6, 6.07) is 7.34. The Balaban J connectivity index is 1.69. The van der Waals surface area contributed by atoms with Gasteiger partial charge in [-0.05, 0) is 17.7 Å². The molecule has 2 aliphatic rings. The van der Waals surface area contributed by atoms with E-state index in [4.69, 9.17) is 16.3 Å². The lowest BCUT2D eigenvalue weighted by atomic mass is 9.90. The van der Waals surface area contributed by atoms with E-state index in [-0.39, 0.29) is 30.5 Å². The lowest BCUT2D eigenvalue weighted by Crippen LogP contribution is -2.49. The molecule has 3 rings (SSSR count). The van der Waals surface area contributed by atoms with Crippen LogP contribution in [0.2, 0.25) is 5.02 Å². The molecule has 0 aliphatic carbocycles. The second-order valence-electron chi connectivity index (χ2n) is 6.17. The van der Waals surface area contributed by atoms with Gasteiger partial charge in [0.15, 0.2) is 0 Å². The number of carbonyl (C=O) groups is 1. The SMILES string of the molecule is CC1C(C(=O)N2CCOCC(O)C2)NNC1c1ccc(Cl)cc1. The van der Waals surface area contributed by atoms with Crippen molar-refractivity contribution in [3.05, 3.63) is 34.9 Å². The Morgan fingerprint density at radius 3 is 2.83 bits per heavy atom. The summed E-state index contributed by atoms with van der Waals surface area (Å²) in [5.41, 5.74) is 7.40. The minimum Gasteiger partial charge on any atom is -0.389 e. The first kappa shape index (κ1) is 16.7. The number of amides is 1. The van der Waals surface area contributed by atoms with Crippen molar-refractivity contribution in [3.8, 4) is 0 Å². The topological polar surface area (TPSA) is 73.8 Å². The van der Waals surface area contributed by atoms with Crippen LogP contribution < -0.4 is 10.9 Å². The van der Waals surface area contributed by atoms with Crippen molar-refractivity contribution >= 4 is 17.5 Å². The number of nitrogens with zero attached hydrogens (tertiary/aromatic N) is 1. The van der Waals surface area contributed by atoms with Crippen LogP contribution in [-0.2, 0) is 9.53 Å². The highest BCUT2D eigenvalue weighted by Crippen LogP contribution is 2.30. The van der Waals surface area contributed by atoms with Crippen LogP contribution in [0.3, 0.4) is 0 Å². The van der Waals surface area contributed by atoms with Crippen LogP contribution in [-0.4, -0.2) is 54.4 Å². The number of β-amino-alcohol motifs (C(OH)–C–C–N with tert-alkyl or cyclic N) is 1.